The van der Waals surface area contributed by atoms with E-state index in [1.807, 2.05) is 37.3 Å². The molecule has 190 valence electrons. The number of nitrogens with zero attached hydrogens (tertiary/aromatic N) is 3. The van der Waals surface area contributed by atoms with Crippen LogP contribution in [0.1, 0.15) is 18.1 Å². The van der Waals surface area contributed by atoms with Gasteiger partial charge < -0.3 is 4.57 Å². The molecule has 0 aliphatic rings. The lowest BCUT2D eigenvalue weighted by Crippen LogP contribution is -2.31. The van der Waals surface area contributed by atoms with Crippen LogP contribution in [0.4, 0.5) is 11.4 Å². The topological polar surface area (TPSA) is 85.4 Å². The lowest BCUT2D eigenvalue weighted by Gasteiger charge is -2.23. The summed E-state index contributed by atoms with van der Waals surface area (Å²) in [5.41, 5.74) is 3.92. The van der Waals surface area contributed by atoms with Crippen LogP contribution >= 0.6 is 0 Å². The van der Waals surface area contributed by atoms with E-state index in [4.69, 9.17) is 0 Å². The Morgan fingerprint density at radius 3 is 2.37 bits per heavy atom. The van der Waals surface area contributed by atoms with E-state index in [0.29, 0.717) is 11.3 Å². The lowest BCUT2D eigenvalue weighted by molar-refractivity contribution is -0.384. The van der Waals surface area contributed by atoms with Gasteiger partial charge >= 0.3 is 0 Å². The zero-order valence-electron chi connectivity index (χ0n) is 21.0. The number of aryl methyl sites for hydroxylation is 2. The quantitative estimate of drug-likeness (QED) is 0.149. The van der Waals surface area contributed by atoms with Crippen LogP contribution in [0.15, 0.2) is 95.9 Å². The average molecular weight is 524 g/mol. The molecule has 4 aromatic carbocycles. The number of non-ortho nitro benzene ring substituents is 1. The molecule has 1 aromatic heterocycles. The summed E-state index contributed by atoms with van der Waals surface area (Å²) in [7, 11) is -3.95. The molecule has 5 aromatic rings. The van der Waals surface area contributed by atoms with Crippen molar-refractivity contribution in [1.29, 1.82) is 0 Å². The number of hydrogen-bond donors (Lipinski definition) is 0. The summed E-state index contributed by atoms with van der Waals surface area (Å²) in [6.45, 7) is 4.63. The molecule has 0 N–H and O–H groups in total. The molecule has 0 atom stereocenters. The van der Waals surface area contributed by atoms with Crippen molar-refractivity contribution >= 4 is 43.2 Å². The predicted molar refractivity (Wildman–Crippen MR) is 151 cm³/mol. The molecule has 7 nitrogen and oxygen atoms in total. The highest BCUT2D eigenvalue weighted by molar-refractivity contribution is 7.92. The fraction of sp³-hybridized carbons (Fsp3) is 0.133. The molecular weight excluding hydrogens is 498 g/mol. The molecular formula is C30H25N3O4S. The van der Waals surface area contributed by atoms with Crippen LogP contribution in [0.25, 0.3) is 21.8 Å². The minimum atomic E-state index is -3.95. The van der Waals surface area contributed by atoms with E-state index >= 15 is 0 Å². The standard InChI is InChI=1S/C30H25N3O4S/c1-3-31-29-12-5-4-11-27(29)28-21-24(15-18-30(28)31)32(38(36,37)26-16-13-22(2)14-17-26)19-7-9-23-8-6-10-25(20-23)33(34)35/h4-6,8,10-18,20-21H,3,19H2,1-2H3. The summed E-state index contributed by atoms with van der Waals surface area (Å²) in [6.07, 6.45) is 0. The second kappa shape index (κ2) is 10.0. The molecule has 0 aliphatic carbocycles. The molecule has 1 heterocycles. The third-order valence-corrected chi connectivity index (χ3v) is 8.27. The molecule has 0 saturated heterocycles. The first kappa shape index (κ1) is 25.1. The first-order chi connectivity index (χ1) is 18.3. The van der Waals surface area contributed by atoms with Crippen molar-refractivity contribution in [2.24, 2.45) is 0 Å². The van der Waals surface area contributed by atoms with Crippen LogP contribution in [0.3, 0.4) is 0 Å². The van der Waals surface area contributed by atoms with Crippen molar-refractivity contribution in [2.75, 3.05) is 10.8 Å². The van der Waals surface area contributed by atoms with Crippen molar-refractivity contribution in [3.8, 4) is 11.8 Å². The Morgan fingerprint density at radius 1 is 0.895 bits per heavy atom. The van der Waals surface area contributed by atoms with Gasteiger partial charge in [0.05, 0.1) is 22.1 Å². The van der Waals surface area contributed by atoms with Gasteiger partial charge in [-0.25, -0.2) is 8.42 Å². The Morgan fingerprint density at radius 2 is 1.63 bits per heavy atom. The summed E-state index contributed by atoms with van der Waals surface area (Å²) in [4.78, 5) is 10.8. The molecule has 0 unspecified atom stereocenters. The van der Waals surface area contributed by atoms with Gasteiger partial charge in [0.25, 0.3) is 15.7 Å². The van der Waals surface area contributed by atoms with E-state index in [-0.39, 0.29) is 17.1 Å². The molecule has 0 fully saturated rings. The van der Waals surface area contributed by atoms with Crippen molar-refractivity contribution in [3.63, 3.8) is 0 Å². The van der Waals surface area contributed by atoms with Gasteiger partial charge in [-0.2, -0.15) is 0 Å². The maximum Gasteiger partial charge on any atom is 0.270 e. The van der Waals surface area contributed by atoms with Gasteiger partial charge in [0.1, 0.15) is 0 Å². The van der Waals surface area contributed by atoms with E-state index in [1.165, 1.54) is 16.4 Å². The number of benzene rings is 4. The predicted octanol–water partition coefficient (Wildman–Crippen LogP) is 6.28. The van der Waals surface area contributed by atoms with Crippen molar-refractivity contribution < 1.29 is 13.3 Å². The highest BCUT2D eigenvalue weighted by Crippen LogP contribution is 2.33. The van der Waals surface area contributed by atoms with Gasteiger partial charge in [0, 0.05) is 46.0 Å². The average Bonchev–Trinajstić information content (AvgIpc) is 3.24. The Balaban J connectivity index is 1.63. The normalized spacial score (nSPS) is 11.3. The van der Waals surface area contributed by atoms with Crippen molar-refractivity contribution in [1.82, 2.24) is 4.57 Å². The van der Waals surface area contributed by atoms with Gasteiger partial charge in [0.2, 0.25) is 0 Å². The number of hydrogen-bond acceptors (Lipinski definition) is 4. The Kier molecular flexibility index (Phi) is 6.62. The number of sulfonamides is 1. The third-order valence-electron chi connectivity index (χ3n) is 6.48. The molecule has 0 aliphatic heterocycles. The molecule has 5 rings (SSSR count). The smallest absolute Gasteiger partial charge is 0.270 e. The number of aromatic nitrogens is 1. The SMILES string of the molecule is CCn1c2ccccc2c2cc(N(CC#Cc3cccc([N+](=O)[O-])c3)S(=O)(=O)c3ccc(C)cc3)ccc21. The number of nitro groups is 1. The highest BCUT2D eigenvalue weighted by atomic mass is 32.2. The molecule has 38 heavy (non-hydrogen) atoms. The van der Waals surface area contributed by atoms with E-state index in [1.54, 1.807) is 42.5 Å². The first-order valence-corrected chi connectivity index (χ1v) is 13.6. The largest absolute Gasteiger partial charge is 0.341 e. The second-order valence-electron chi connectivity index (χ2n) is 8.90. The summed E-state index contributed by atoms with van der Waals surface area (Å²) in [5.74, 6) is 5.81. The fourth-order valence-electron chi connectivity index (χ4n) is 4.60. The van der Waals surface area contributed by atoms with E-state index in [9.17, 15) is 18.5 Å². The molecule has 8 heteroatoms. The van der Waals surface area contributed by atoms with Crippen LogP contribution in [-0.2, 0) is 16.6 Å². The number of para-hydroxylation sites is 1. The van der Waals surface area contributed by atoms with Gasteiger partial charge in [0.15, 0.2) is 0 Å². The third kappa shape index (κ3) is 4.60. The Bertz CT molecular complexity index is 1850. The lowest BCUT2D eigenvalue weighted by atomic mass is 10.1. The van der Waals surface area contributed by atoms with Crippen LogP contribution in [-0.4, -0.2) is 24.5 Å². The summed E-state index contributed by atoms with van der Waals surface area (Å²) >= 11 is 0. The fourth-order valence-corrected chi connectivity index (χ4v) is 5.96. The van der Waals surface area contributed by atoms with Crippen LogP contribution < -0.4 is 4.31 Å². The van der Waals surface area contributed by atoms with Crippen molar-refractivity contribution in [2.45, 2.75) is 25.3 Å². The Hall–Kier alpha value is -4.61. The Labute approximate surface area is 221 Å². The zero-order chi connectivity index (χ0) is 26.9. The maximum absolute atomic E-state index is 13.9. The monoisotopic (exact) mass is 523 g/mol. The van der Waals surface area contributed by atoms with Gasteiger partial charge in [-0.3, -0.25) is 14.4 Å². The van der Waals surface area contributed by atoms with Crippen LogP contribution in [0.2, 0.25) is 0 Å². The summed E-state index contributed by atoms with van der Waals surface area (Å²) < 4.78 is 31.2. The van der Waals surface area contributed by atoms with Gasteiger partial charge in [-0.05, 0) is 56.3 Å². The van der Waals surface area contributed by atoms with E-state index in [2.05, 4.69) is 29.4 Å². The second-order valence-corrected chi connectivity index (χ2v) is 10.8. The molecule has 0 bridgehead atoms. The zero-order valence-corrected chi connectivity index (χ0v) is 21.8. The first-order valence-electron chi connectivity index (χ1n) is 12.1. The minimum Gasteiger partial charge on any atom is -0.341 e. The minimum absolute atomic E-state index is 0.0706. The number of nitro benzene ring substituents is 1. The molecule has 0 spiro atoms. The van der Waals surface area contributed by atoms with Gasteiger partial charge in [-0.15, -0.1) is 0 Å². The van der Waals surface area contributed by atoms with Crippen molar-refractivity contribution in [3.05, 3.63) is 112 Å². The maximum atomic E-state index is 13.9. The van der Waals surface area contributed by atoms with Crippen LogP contribution in [0, 0.1) is 28.9 Å². The van der Waals surface area contributed by atoms with Gasteiger partial charge in [-0.1, -0.05) is 53.8 Å². The van der Waals surface area contributed by atoms with E-state index < -0.39 is 14.9 Å². The summed E-state index contributed by atoms with van der Waals surface area (Å²) in [6, 6.07) is 26.4. The highest BCUT2D eigenvalue weighted by Gasteiger charge is 2.25. The van der Waals surface area contributed by atoms with Crippen LogP contribution in [0.5, 0.6) is 0 Å². The number of anilines is 1. The molecule has 0 saturated carbocycles. The molecule has 0 amide bonds. The number of rotatable bonds is 6. The van der Waals surface area contributed by atoms with E-state index in [0.717, 1.165) is 33.9 Å². The number of fused-ring (bicyclic) bond motifs is 3. The summed E-state index contributed by atoms with van der Waals surface area (Å²) in [5, 5.41) is 13.1. The molecule has 0 radical (unpaired) electrons.